The Hall–Kier alpha value is -2.76. The first-order chi connectivity index (χ1) is 11.3. The number of carbonyl (C=O) groups excluding carboxylic acids is 1. The summed E-state index contributed by atoms with van der Waals surface area (Å²) in [6.45, 7) is 7.66. The lowest BCUT2D eigenvalue weighted by molar-refractivity contribution is 0.0635. The number of aryl methyl sites for hydroxylation is 1. The summed E-state index contributed by atoms with van der Waals surface area (Å²) in [6.07, 6.45) is 1.10. The van der Waals surface area contributed by atoms with E-state index in [0.29, 0.717) is 17.3 Å². The fraction of sp³-hybridized carbons (Fsp3) is 0.333. The number of aromatic nitrogens is 1. The monoisotopic (exact) mass is 329 g/mol. The van der Waals surface area contributed by atoms with Crippen molar-refractivity contribution in [2.75, 3.05) is 11.1 Å². The van der Waals surface area contributed by atoms with Crippen molar-refractivity contribution in [1.29, 1.82) is 0 Å². The van der Waals surface area contributed by atoms with Crippen LogP contribution in [-0.2, 0) is 11.3 Å². The Morgan fingerprint density at radius 2 is 2.00 bits per heavy atom. The zero-order chi connectivity index (χ0) is 17.7. The first kappa shape index (κ1) is 17.6. The quantitative estimate of drug-likeness (QED) is 0.888. The van der Waals surface area contributed by atoms with Gasteiger partial charge >= 0.3 is 6.09 Å². The van der Waals surface area contributed by atoms with Crippen LogP contribution in [-0.4, -0.2) is 16.7 Å². The van der Waals surface area contributed by atoms with E-state index >= 15 is 0 Å². The molecule has 0 aliphatic rings. The van der Waals surface area contributed by atoms with Gasteiger partial charge in [-0.25, -0.2) is 9.78 Å². The van der Waals surface area contributed by atoms with Crippen LogP contribution in [0.4, 0.5) is 16.3 Å². The molecule has 2 aromatic rings. The van der Waals surface area contributed by atoms with Crippen molar-refractivity contribution in [1.82, 2.24) is 4.98 Å². The summed E-state index contributed by atoms with van der Waals surface area (Å²) < 4.78 is 11.0. The van der Waals surface area contributed by atoms with Crippen molar-refractivity contribution in [3.63, 3.8) is 0 Å². The molecule has 0 unspecified atom stereocenters. The van der Waals surface area contributed by atoms with E-state index in [4.69, 9.17) is 15.2 Å². The Bertz CT molecular complexity index is 724. The van der Waals surface area contributed by atoms with E-state index in [9.17, 15) is 4.79 Å². The predicted molar refractivity (Wildman–Crippen MR) is 94.0 cm³/mol. The molecule has 0 fully saturated rings. The van der Waals surface area contributed by atoms with Crippen molar-refractivity contribution >= 4 is 17.6 Å². The number of carbonyl (C=O) groups is 1. The fourth-order valence-corrected chi connectivity index (χ4v) is 2.10. The third kappa shape index (κ3) is 4.87. The molecule has 0 atom stereocenters. The molecule has 1 aromatic heterocycles. The number of anilines is 2. The van der Waals surface area contributed by atoms with Gasteiger partial charge in [0.2, 0.25) is 0 Å². The molecule has 0 spiro atoms. The number of nitrogens with two attached hydrogens (primary N) is 1. The van der Waals surface area contributed by atoms with Crippen molar-refractivity contribution < 1.29 is 14.3 Å². The molecule has 6 heteroatoms. The molecule has 1 heterocycles. The number of benzene rings is 1. The van der Waals surface area contributed by atoms with Gasteiger partial charge in [-0.05, 0) is 51.5 Å². The van der Waals surface area contributed by atoms with Crippen LogP contribution in [0.25, 0.3) is 0 Å². The minimum absolute atomic E-state index is 0.258. The minimum atomic E-state index is -0.561. The largest absolute Gasteiger partial charge is 0.485 e. The normalized spacial score (nSPS) is 11.0. The molecule has 24 heavy (non-hydrogen) atoms. The Morgan fingerprint density at radius 3 is 2.67 bits per heavy atom. The number of amides is 1. The number of ether oxygens (including phenoxy) is 2. The Morgan fingerprint density at radius 1 is 1.25 bits per heavy atom. The SMILES string of the molecule is Cc1cccc(NC(=O)OC(C)(C)C)c1COc1cccnc1N. The molecule has 2 rings (SSSR count). The van der Waals surface area contributed by atoms with Gasteiger partial charge in [0.05, 0.1) is 5.69 Å². The molecule has 0 saturated heterocycles. The highest BCUT2D eigenvalue weighted by Gasteiger charge is 2.18. The van der Waals surface area contributed by atoms with Crippen molar-refractivity contribution in [2.24, 2.45) is 0 Å². The highest BCUT2D eigenvalue weighted by Crippen LogP contribution is 2.24. The maximum absolute atomic E-state index is 12.0. The summed E-state index contributed by atoms with van der Waals surface area (Å²) >= 11 is 0. The summed E-state index contributed by atoms with van der Waals surface area (Å²) in [7, 11) is 0. The summed E-state index contributed by atoms with van der Waals surface area (Å²) in [4.78, 5) is 16.0. The van der Waals surface area contributed by atoms with E-state index in [1.54, 1.807) is 18.3 Å². The van der Waals surface area contributed by atoms with Gasteiger partial charge in [0.1, 0.15) is 12.2 Å². The van der Waals surface area contributed by atoms with E-state index in [0.717, 1.165) is 11.1 Å². The minimum Gasteiger partial charge on any atom is -0.485 e. The van der Waals surface area contributed by atoms with Gasteiger partial charge in [0, 0.05) is 11.8 Å². The number of rotatable bonds is 4. The van der Waals surface area contributed by atoms with Gasteiger partial charge in [-0.1, -0.05) is 12.1 Å². The lowest BCUT2D eigenvalue weighted by Gasteiger charge is -2.21. The maximum atomic E-state index is 12.0. The summed E-state index contributed by atoms with van der Waals surface area (Å²) in [5.41, 5.74) is 7.71. The van der Waals surface area contributed by atoms with Crippen LogP contribution in [0.1, 0.15) is 31.9 Å². The smallest absolute Gasteiger partial charge is 0.412 e. The number of hydrogen-bond acceptors (Lipinski definition) is 5. The van der Waals surface area contributed by atoms with Crippen LogP contribution in [0.2, 0.25) is 0 Å². The van der Waals surface area contributed by atoms with Gasteiger partial charge < -0.3 is 15.2 Å². The Kier molecular flexibility index (Phi) is 5.28. The number of nitrogens with zero attached hydrogens (tertiary/aromatic N) is 1. The van der Waals surface area contributed by atoms with Crippen molar-refractivity contribution in [3.8, 4) is 5.75 Å². The molecule has 0 aliphatic carbocycles. The van der Waals surface area contributed by atoms with Crippen molar-refractivity contribution in [2.45, 2.75) is 39.9 Å². The van der Waals surface area contributed by atoms with Crippen LogP contribution in [0.3, 0.4) is 0 Å². The van der Waals surface area contributed by atoms with Crippen molar-refractivity contribution in [3.05, 3.63) is 47.7 Å². The van der Waals surface area contributed by atoms with E-state index in [1.807, 2.05) is 45.9 Å². The third-order valence-corrected chi connectivity index (χ3v) is 3.22. The first-order valence-corrected chi connectivity index (χ1v) is 7.68. The van der Waals surface area contributed by atoms with Crippen LogP contribution >= 0.6 is 0 Å². The molecular formula is C18H23N3O3. The van der Waals surface area contributed by atoms with Crippen LogP contribution in [0.5, 0.6) is 5.75 Å². The van der Waals surface area contributed by atoms with Gasteiger partial charge in [-0.15, -0.1) is 0 Å². The lowest BCUT2D eigenvalue weighted by Crippen LogP contribution is -2.27. The second kappa shape index (κ2) is 7.21. The molecular weight excluding hydrogens is 306 g/mol. The number of pyridine rings is 1. The second-order valence-electron chi connectivity index (χ2n) is 6.40. The molecule has 0 radical (unpaired) electrons. The molecule has 0 aliphatic heterocycles. The third-order valence-electron chi connectivity index (χ3n) is 3.22. The van der Waals surface area contributed by atoms with Crippen LogP contribution < -0.4 is 15.8 Å². The zero-order valence-electron chi connectivity index (χ0n) is 14.4. The van der Waals surface area contributed by atoms with E-state index in [-0.39, 0.29) is 6.61 Å². The van der Waals surface area contributed by atoms with E-state index < -0.39 is 11.7 Å². The van der Waals surface area contributed by atoms with Crippen LogP contribution in [0.15, 0.2) is 36.5 Å². The first-order valence-electron chi connectivity index (χ1n) is 7.68. The molecule has 1 aromatic carbocycles. The average Bonchev–Trinajstić information content (AvgIpc) is 2.46. The molecule has 6 nitrogen and oxygen atoms in total. The number of hydrogen-bond donors (Lipinski definition) is 2. The predicted octanol–water partition coefficient (Wildman–Crippen LogP) is 3.90. The highest BCUT2D eigenvalue weighted by molar-refractivity contribution is 5.86. The van der Waals surface area contributed by atoms with Gasteiger partial charge in [0.15, 0.2) is 11.6 Å². The number of nitrogens with one attached hydrogen (secondary N) is 1. The van der Waals surface area contributed by atoms with Gasteiger partial charge in [-0.3, -0.25) is 5.32 Å². The molecule has 0 saturated carbocycles. The zero-order valence-corrected chi connectivity index (χ0v) is 14.4. The Balaban J connectivity index is 2.15. The standard InChI is InChI=1S/C18H23N3O3/c1-12-7-5-8-14(21-17(22)24-18(2,3)4)13(12)11-23-15-9-6-10-20-16(15)19/h5-10H,11H2,1-4H3,(H2,19,20)(H,21,22). The maximum Gasteiger partial charge on any atom is 0.412 e. The lowest BCUT2D eigenvalue weighted by atomic mass is 10.1. The van der Waals surface area contributed by atoms with Gasteiger partial charge in [0.25, 0.3) is 0 Å². The van der Waals surface area contributed by atoms with E-state index in [2.05, 4.69) is 10.3 Å². The van der Waals surface area contributed by atoms with E-state index in [1.165, 1.54) is 0 Å². The molecule has 128 valence electrons. The summed E-state index contributed by atoms with van der Waals surface area (Å²) in [5, 5.41) is 2.77. The topological polar surface area (TPSA) is 86.5 Å². The molecule has 3 N–H and O–H groups in total. The Labute approximate surface area is 142 Å². The van der Waals surface area contributed by atoms with Crippen LogP contribution in [0, 0.1) is 6.92 Å². The van der Waals surface area contributed by atoms with Gasteiger partial charge in [-0.2, -0.15) is 0 Å². The average molecular weight is 329 g/mol. The highest BCUT2D eigenvalue weighted by atomic mass is 16.6. The molecule has 1 amide bonds. The fourth-order valence-electron chi connectivity index (χ4n) is 2.10. The summed E-state index contributed by atoms with van der Waals surface area (Å²) in [6, 6.07) is 9.13. The summed E-state index contributed by atoms with van der Waals surface area (Å²) in [5.74, 6) is 0.830. The second-order valence-corrected chi connectivity index (χ2v) is 6.40. The molecule has 0 bridgehead atoms. The number of nitrogen functional groups attached to an aromatic ring is 1.